The molecule has 0 fully saturated rings. The zero-order valence-corrected chi connectivity index (χ0v) is 12.5. The minimum Gasteiger partial charge on any atom is -0.490 e. The van der Waals surface area contributed by atoms with E-state index in [1.807, 2.05) is 17.7 Å². The molecule has 1 aliphatic heterocycles. The predicted molar refractivity (Wildman–Crippen MR) is 81.2 cm³/mol. The monoisotopic (exact) mass is 301 g/mol. The van der Waals surface area contributed by atoms with Crippen LogP contribution >= 0.6 is 0 Å². The van der Waals surface area contributed by atoms with Crippen molar-refractivity contribution in [1.29, 1.82) is 0 Å². The van der Waals surface area contributed by atoms with Crippen LogP contribution in [-0.2, 0) is 6.54 Å². The number of nitrogens with zero attached hydrogens (tertiary/aromatic N) is 2. The standard InChI is InChI=1S/C16H19N3O3/c1-12(10-19-6-5-17-11-19)18-16(20)13-3-4-14-15(9-13)22-8-2-7-21-14/h3-6,9,11-12H,2,7-8,10H2,1H3,(H,18,20). The third-order valence-corrected chi connectivity index (χ3v) is 3.43. The molecule has 3 rings (SSSR count). The number of nitrogens with one attached hydrogen (secondary N) is 1. The van der Waals surface area contributed by atoms with Crippen molar-refractivity contribution in [2.75, 3.05) is 13.2 Å². The molecule has 1 aromatic carbocycles. The molecule has 6 nitrogen and oxygen atoms in total. The first-order valence-electron chi connectivity index (χ1n) is 7.38. The lowest BCUT2D eigenvalue weighted by Gasteiger charge is -2.15. The van der Waals surface area contributed by atoms with Gasteiger partial charge < -0.3 is 19.4 Å². The van der Waals surface area contributed by atoms with E-state index in [0.29, 0.717) is 36.8 Å². The maximum Gasteiger partial charge on any atom is 0.251 e. The minimum atomic E-state index is -0.122. The Bertz CT molecular complexity index is 640. The molecular weight excluding hydrogens is 282 g/mol. The van der Waals surface area contributed by atoms with Crippen molar-refractivity contribution in [2.45, 2.75) is 25.9 Å². The highest BCUT2D eigenvalue weighted by molar-refractivity contribution is 5.95. The zero-order chi connectivity index (χ0) is 15.4. The number of hydrogen-bond donors (Lipinski definition) is 1. The minimum absolute atomic E-state index is 0.00215. The zero-order valence-electron chi connectivity index (χ0n) is 12.5. The lowest BCUT2D eigenvalue weighted by molar-refractivity contribution is 0.0936. The summed E-state index contributed by atoms with van der Waals surface area (Å²) in [7, 11) is 0. The average molecular weight is 301 g/mol. The molecule has 0 saturated carbocycles. The molecule has 1 aliphatic rings. The Morgan fingerprint density at radius 1 is 1.36 bits per heavy atom. The van der Waals surface area contributed by atoms with Crippen LogP contribution in [0.5, 0.6) is 11.5 Å². The summed E-state index contributed by atoms with van der Waals surface area (Å²) in [6.45, 7) is 3.88. The van der Waals surface area contributed by atoms with E-state index in [9.17, 15) is 4.79 Å². The Hall–Kier alpha value is -2.50. The van der Waals surface area contributed by atoms with Gasteiger partial charge in [-0.15, -0.1) is 0 Å². The third-order valence-electron chi connectivity index (χ3n) is 3.43. The van der Waals surface area contributed by atoms with E-state index in [4.69, 9.17) is 9.47 Å². The highest BCUT2D eigenvalue weighted by atomic mass is 16.5. The Balaban J connectivity index is 1.65. The molecule has 2 heterocycles. The number of carbonyl (C=O) groups is 1. The van der Waals surface area contributed by atoms with Crippen molar-refractivity contribution in [1.82, 2.24) is 14.9 Å². The fraction of sp³-hybridized carbons (Fsp3) is 0.375. The Morgan fingerprint density at radius 3 is 2.95 bits per heavy atom. The predicted octanol–water partition coefficient (Wildman–Crippen LogP) is 1.86. The molecule has 0 bridgehead atoms. The first kappa shape index (κ1) is 14.4. The van der Waals surface area contributed by atoms with Gasteiger partial charge in [-0.2, -0.15) is 0 Å². The van der Waals surface area contributed by atoms with Crippen LogP contribution in [0.3, 0.4) is 0 Å². The van der Waals surface area contributed by atoms with Crippen LogP contribution in [-0.4, -0.2) is 34.7 Å². The summed E-state index contributed by atoms with van der Waals surface area (Å²) in [5, 5.41) is 2.97. The van der Waals surface area contributed by atoms with Crippen molar-refractivity contribution >= 4 is 5.91 Å². The van der Waals surface area contributed by atoms with Gasteiger partial charge in [-0.1, -0.05) is 0 Å². The van der Waals surface area contributed by atoms with Crippen molar-refractivity contribution in [2.24, 2.45) is 0 Å². The van der Waals surface area contributed by atoms with Crippen LogP contribution in [0.4, 0.5) is 0 Å². The lowest BCUT2D eigenvalue weighted by atomic mass is 10.1. The summed E-state index contributed by atoms with van der Waals surface area (Å²) in [6, 6.07) is 5.28. The summed E-state index contributed by atoms with van der Waals surface area (Å²) < 4.78 is 13.1. The highest BCUT2D eigenvalue weighted by Crippen LogP contribution is 2.30. The second-order valence-corrected chi connectivity index (χ2v) is 5.35. The van der Waals surface area contributed by atoms with Crippen LogP contribution in [0.1, 0.15) is 23.7 Å². The molecule has 1 atom stereocenters. The van der Waals surface area contributed by atoms with E-state index >= 15 is 0 Å². The second-order valence-electron chi connectivity index (χ2n) is 5.35. The van der Waals surface area contributed by atoms with Gasteiger partial charge in [0.2, 0.25) is 0 Å². The number of benzene rings is 1. The van der Waals surface area contributed by atoms with E-state index in [-0.39, 0.29) is 11.9 Å². The Labute approximate surface area is 129 Å². The summed E-state index contributed by atoms with van der Waals surface area (Å²) in [5.74, 6) is 1.20. The van der Waals surface area contributed by atoms with Gasteiger partial charge in [-0.05, 0) is 25.1 Å². The number of carbonyl (C=O) groups excluding carboxylic acids is 1. The Kier molecular flexibility index (Phi) is 4.27. The van der Waals surface area contributed by atoms with Gasteiger partial charge in [0.25, 0.3) is 5.91 Å². The molecule has 1 aromatic heterocycles. The van der Waals surface area contributed by atoms with Gasteiger partial charge in [0.05, 0.1) is 19.5 Å². The van der Waals surface area contributed by atoms with Gasteiger partial charge in [0.1, 0.15) is 0 Å². The van der Waals surface area contributed by atoms with Gasteiger partial charge in [0.15, 0.2) is 11.5 Å². The Morgan fingerprint density at radius 2 is 2.18 bits per heavy atom. The van der Waals surface area contributed by atoms with Gasteiger partial charge >= 0.3 is 0 Å². The molecule has 1 unspecified atom stereocenters. The van der Waals surface area contributed by atoms with Gasteiger partial charge in [-0.25, -0.2) is 4.98 Å². The van der Waals surface area contributed by atoms with Crippen molar-refractivity contribution in [3.63, 3.8) is 0 Å². The molecule has 116 valence electrons. The van der Waals surface area contributed by atoms with Gasteiger partial charge in [0, 0.05) is 37.0 Å². The molecular formula is C16H19N3O3. The average Bonchev–Trinajstić information content (AvgIpc) is 2.89. The molecule has 0 spiro atoms. The molecule has 6 heteroatoms. The van der Waals surface area contributed by atoms with Gasteiger partial charge in [-0.3, -0.25) is 4.79 Å². The van der Waals surface area contributed by atoms with Crippen LogP contribution in [0.2, 0.25) is 0 Å². The van der Waals surface area contributed by atoms with Crippen LogP contribution in [0, 0.1) is 0 Å². The molecule has 0 radical (unpaired) electrons. The maximum absolute atomic E-state index is 12.3. The van der Waals surface area contributed by atoms with Crippen LogP contribution in [0.25, 0.3) is 0 Å². The molecule has 0 aliphatic carbocycles. The van der Waals surface area contributed by atoms with E-state index in [0.717, 1.165) is 6.42 Å². The molecule has 1 amide bonds. The molecule has 1 N–H and O–H groups in total. The second kappa shape index (κ2) is 6.51. The normalized spacial score (nSPS) is 15.0. The van der Waals surface area contributed by atoms with E-state index in [1.165, 1.54) is 0 Å². The van der Waals surface area contributed by atoms with Crippen LogP contribution in [0.15, 0.2) is 36.9 Å². The van der Waals surface area contributed by atoms with Crippen molar-refractivity contribution < 1.29 is 14.3 Å². The molecule has 0 saturated heterocycles. The SMILES string of the molecule is CC(Cn1ccnc1)NC(=O)c1ccc2c(c1)OCCCO2. The molecule has 22 heavy (non-hydrogen) atoms. The smallest absolute Gasteiger partial charge is 0.251 e. The van der Waals surface area contributed by atoms with Crippen LogP contribution < -0.4 is 14.8 Å². The number of amides is 1. The number of hydrogen-bond acceptors (Lipinski definition) is 4. The summed E-state index contributed by atoms with van der Waals surface area (Å²) in [5.41, 5.74) is 0.571. The number of imidazole rings is 1. The first-order valence-corrected chi connectivity index (χ1v) is 7.38. The molecule has 2 aromatic rings. The highest BCUT2D eigenvalue weighted by Gasteiger charge is 2.15. The first-order chi connectivity index (χ1) is 10.7. The van der Waals surface area contributed by atoms with E-state index in [1.54, 1.807) is 30.7 Å². The summed E-state index contributed by atoms with van der Waals surface area (Å²) in [6.07, 6.45) is 6.17. The summed E-state index contributed by atoms with van der Waals surface area (Å²) >= 11 is 0. The van der Waals surface area contributed by atoms with E-state index in [2.05, 4.69) is 10.3 Å². The number of aromatic nitrogens is 2. The number of fused-ring (bicyclic) bond motifs is 1. The lowest BCUT2D eigenvalue weighted by Crippen LogP contribution is -2.35. The number of ether oxygens (including phenoxy) is 2. The van der Waals surface area contributed by atoms with Crippen molar-refractivity contribution in [3.8, 4) is 11.5 Å². The van der Waals surface area contributed by atoms with E-state index < -0.39 is 0 Å². The third kappa shape index (κ3) is 3.39. The topological polar surface area (TPSA) is 65.4 Å². The number of rotatable bonds is 4. The quantitative estimate of drug-likeness (QED) is 0.936. The fourth-order valence-electron chi connectivity index (χ4n) is 2.37. The van der Waals surface area contributed by atoms with Crippen molar-refractivity contribution in [3.05, 3.63) is 42.5 Å². The fourth-order valence-corrected chi connectivity index (χ4v) is 2.37. The summed E-state index contributed by atoms with van der Waals surface area (Å²) in [4.78, 5) is 16.3. The largest absolute Gasteiger partial charge is 0.490 e. The maximum atomic E-state index is 12.3.